The van der Waals surface area contributed by atoms with Crippen molar-refractivity contribution in [3.63, 3.8) is 0 Å². The van der Waals surface area contributed by atoms with Crippen LogP contribution in [0.1, 0.15) is 31.2 Å². The highest BCUT2D eigenvalue weighted by molar-refractivity contribution is 5.45. The van der Waals surface area contributed by atoms with Crippen LogP contribution < -0.4 is 5.32 Å². The number of hydrogen-bond donors (Lipinski definition) is 1. The molecule has 1 N–H and O–H groups in total. The average molecular weight is 273 g/mol. The van der Waals surface area contributed by atoms with Crippen molar-refractivity contribution in [3.8, 4) is 0 Å². The van der Waals surface area contributed by atoms with Crippen molar-refractivity contribution in [2.45, 2.75) is 38.3 Å². The Hall–Kier alpha value is -1.06. The lowest BCUT2D eigenvalue weighted by Gasteiger charge is -2.30. The van der Waals surface area contributed by atoms with E-state index in [-0.39, 0.29) is 0 Å². The van der Waals surface area contributed by atoms with E-state index < -0.39 is 0 Å². The van der Waals surface area contributed by atoms with Gasteiger partial charge in [0.1, 0.15) is 0 Å². The van der Waals surface area contributed by atoms with Crippen molar-refractivity contribution in [3.05, 3.63) is 29.8 Å². The van der Waals surface area contributed by atoms with E-state index in [4.69, 9.17) is 0 Å². The number of nitrogens with one attached hydrogen (secondary N) is 1. The Morgan fingerprint density at radius 3 is 2.30 bits per heavy atom. The summed E-state index contributed by atoms with van der Waals surface area (Å²) in [7, 11) is 2.21. The van der Waals surface area contributed by atoms with Gasteiger partial charge in [0.25, 0.3) is 0 Å². The number of nitrogens with zero attached hydrogens (tertiary/aromatic N) is 2. The number of benzene rings is 1. The highest BCUT2D eigenvalue weighted by atomic mass is 15.1. The fourth-order valence-electron chi connectivity index (χ4n) is 3.29. The molecule has 1 aromatic carbocycles. The third-order valence-electron chi connectivity index (χ3n) is 4.65. The van der Waals surface area contributed by atoms with Crippen molar-refractivity contribution in [2.24, 2.45) is 0 Å². The van der Waals surface area contributed by atoms with E-state index in [9.17, 15) is 0 Å². The lowest BCUT2D eigenvalue weighted by molar-refractivity contribution is 0.264. The molecule has 110 valence electrons. The molecule has 2 aliphatic heterocycles. The average Bonchev–Trinajstić information content (AvgIpc) is 2.96. The molecular formula is C17H27N3. The Balaban J connectivity index is 1.50. The highest BCUT2D eigenvalue weighted by Crippen LogP contribution is 2.18. The van der Waals surface area contributed by atoms with Crippen molar-refractivity contribution in [1.82, 2.24) is 9.80 Å². The molecule has 3 nitrogen and oxygen atoms in total. The number of hydrogen-bond acceptors (Lipinski definition) is 3. The van der Waals surface area contributed by atoms with Crippen molar-refractivity contribution in [2.75, 3.05) is 38.5 Å². The van der Waals surface area contributed by atoms with Crippen LogP contribution in [0.15, 0.2) is 24.3 Å². The van der Waals surface area contributed by atoms with Crippen LogP contribution in [0.5, 0.6) is 0 Å². The van der Waals surface area contributed by atoms with E-state index in [0.29, 0.717) is 6.04 Å². The van der Waals surface area contributed by atoms with E-state index in [1.807, 2.05) is 0 Å². The molecular weight excluding hydrogens is 246 g/mol. The van der Waals surface area contributed by atoms with Gasteiger partial charge in [0.2, 0.25) is 0 Å². The van der Waals surface area contributed by atoms with Crippen LogP contribution in [0.2, 0.25) is 0 Å². The first-order valence-electron chi connectivity index (χ1n) is 8.06. The maximum atomic E-state index is 3.68. The molecule has 0 bridgehead atoms. The molecule has 0 spiro atoms. The van der Waals surface area contributed by atoms with Gasteiger partial charge < -0.3 is 10.2 Å². The monoisotopic (exact) mass is 273 g/mol. The molecule has 2 heterocycles. The first-order valence-corrected chi connectivity index (χ1v) is 8.06. The molecule has 3 rings (SSSR count). The maximum Gasteiger partial charge on any atom is 0.0342 e. The zero-order chi connectivity index (χ0) is 13.8. The lowest BCUT2D eigenvalue weighted by Crippen LogP contribution is -2.36. The minimum absolute atomic E-state index is 0.649. The summed E-state index contributed by atoms with van der Waals surface area (Å²) in [6.45, 7) is 6.09. The van der Waals surface area contributed by atoms with Gasteiger partial charge in [-0.15, -0.1) is 0 Å². The van der Waals surface area contributed by atoms with Crippen LogP contribution in [-0.4, -0.2) is 49.1 Å². The number of piperidine rings is 1. The second kappa shape index (κ2) is 6.59. The number of rotatable bonds is 4. The minimum Gasteiger partial charge on any atom is -0.382 e. The standard InChI is InChI=1S/C17H27N3/c1-19-12-8-17(9-13-19)18-16-6-4-15(5-7-16)14-20-10-2-3-11-20/h4-7,17-18H,2-3,8-14H2,1H3. The second-order valence-corrected chi connectivity index (χ2v) is 6.40. The van der Waals surface area contributed by atoms with E-state index in [1.165, 1.54) is 63.1 Å². The molecule has 20 heavy (non-hydrogen) atoms. The van der Waals surface area contributed by atoms with Gasteiger partial charge in [0.15, 0.2) is 0 Å². The van der Waals surface area contributed by atoms with Crippen LogP contribution in [0.4, 0.5) is 5.69 Å². The summed E-state index contributed by atoms with van der Waals surface area (Å²) in [6.07, 6.45) is 5.25. The van der Waals surface area contributed by atoms with E-state index >= 15 is 0 Å². The van der Waals surface area contributed by atoms with Gasteiger partial charge in [-0.1, -0.05) is 12.1 Å². The molecule has 1 aromatic rings. The quantitative estimate of drug-likeness (QED) is 0.910. The topological polar surface area (TPSA) is 18.5 Å². The molecule has 0 radical (unpaired) electrons. The second-order valence-electron chi connectivity index (χ2n) is 6.40. The summed E-state index contributed by atoms with van der Waals surface area (Å²) in [5.74, 6) is 0. The summed E-state index contributed by atoms with van der Waals surface area (Å²) in [6, 6.07) is 9.73. The van der Waals surface area contributed by atoms with Gasteiger partial charge in [-0.05, 0) is 76.6 Å². The van der Waals surface area contributed by atoms with Crippen LogP contribution in [-0.2, 0) is 6.54 Å². The number of likely N-dealkylation sites (tertiary alicyclic amines) is 2. The summed E-state index contributed by atoms with van der Waals surface area (Å²) < 4.78 is 0. The Morgan fingerprint density at radius 2 is 1.65 bits per heavy atom. The maximum absolute atomic E-state index is 3.68. The van der Waals surface area contributed by atoms with Crippen molar-refractivity contribution in [1.29, 1.82) is 0 Å². The Bertz CT molecular complexity index is 401. The Kier molecular flexibility index (Phi) is 4.58. The fourth-order valence-corrected chi connectivity index (χ4v) is 3.29. The molecule has 0 unspecified atom stereocenters. The molecule has 2 aliphatic rings. The predicted octanol–water partition coefficient (Wildman–Crippen LogP) is 2.79. The smallest absolute Gasteiger partial charge is 0.0342 e. The predicted molar refractivity (Wildman–Crippen MR) is 85.1 cm³/mol. The molecule has 0 aromatic heterocycles. The molecule has 0 aliphatic carbocycles. The Morgan fingerprint density at radius 1 is 1.00 bits per heavy atom. The normalized spacial score (nSPS) is 22.2. The van der Waals surface area contributed by atoms with Crippen LogP contribution in [0.25, 0.3) is 0 Å². The molecule has 3 heteroatoms. The Labute approximate surface area is 123 Å². The largest absolute Gasteiger partial charge is 0.382 e. The number of anilines is 1. The molecule has 0 amide bonds. The first kappa shape index (κ1) is 13.9. The van der Waals surface area contributed by atoms with Crippen molar-refractivity contribution >= 4 is 5.69 Å². The van der Waals surface area contributed by atoms with Crippen LogP contribution in [0, 0.1) is 0 Å². The summed E-state index contributed by atoms with van der Waals surface area (Å²) in [5, 5.41) is 3.68. The fraction of sp³-hybridized carbons (Fsp3) is 0.647. The molecule has 2 fully saturated rings. The lowest BCUT2D eigenvalue weighted by atomic mass is 10.0. The van der Waals surface area contributed by atoms with Gasteiger partial charge in [0, 0.05) is 18.3 Å². The van der Waals surface area contributed by atoms with Gasteiger partial charge in [-0.25, -0.2) is 0 Å². The zero-order valence-electron chi connectivity index (χ0n) is 12.6. The van der Waals surface area contributed by atoms with Crippen LogP contribution in [0.3, 0.4) is 0 Å². The summed E-state index contributed by atoms with van der Waals surface area (Å²) >= 11 is 0. The van der Waals surface area contributed by atoms with Crippen LogP contribution >= 0.6 is 0 Å². The first-order chi connectivity index (χ1) is 9.79. The highest BCUT2D eigenvalue weighted by Gasteiger charge is 2.16. The van der Waals surface area contributed by atoms with Gasteiger partial charge in [-0.2, -0.15) is 0 Å². The van der Waals surface area contributed by atoms with E-state index in [0.717, 1.165) is 6.54 Å². The summed E-state index contributed by atoms with van der Waals surface area (Å²) in [5.41, 5.74) is 2.73. The molecule has 2 saturated heterocycles. The third kappa shape index (κ3) is 3.74. The van der Waals surface area contributed by atoms with Gasteiger partial charge >= 0.3 is 0 Å². The molecule has 0 atom stereocenters. The minimum atomic E-state index is 0.649. The van der Waals surface area contributed by atoms with Crippen molar-refractivity contribution < 1.29 is 0 Å². The SMILES string of the molecule is CN1CCC(Nc2ccc(CN3CCCC3)cc2)CC1. The zero-order valence-corrected chi connectivity index (χ0v) is 12.6. The third-order valence-corrected chi connectivity index (χ3v) is 4.65. The molecule has 0 saturated carbocycles. The van der Waals surface area contributed by atoms with E-state index in [1.54, 1.807) is 0 Å². The van der Waals surface area contributed by atoms with Gasteiger partial charge in [-0.3, -0.25) is 4.90 Å². The van der Waals surface area contributed by atoms with E-state index in [2.05, 4.69) is 46.4 Å². The van der Waals surface area contributed by atoms with Gasteiger partial charge in [0.05, 0.1) is 0 Å². The summed E-state index contributed by atoms with van der Waals surface area (Å²) in [4.78, 5) is 4.97.